The van der Waals surface area contributed by atoms with Crippen LogP contribution in [0.15, 0.2) is 60.7 Å². The van der Waals surface area contributed by atoms with E-state index in [0.717, 1.165) is 5.56 Å². The molecular weight excluding hydrogens is 702 g/mol. The van der Waals surface area contributed by atoms with Gasteiger partial charge in [-0.2, -0.15) is 26.3 Å². The maximum absolute atomic E-state index is 13.5. The fourth-order valence-corrected chi connectivity index (χ4v) is 5.67. The molecule has 8 nitrogen and oxygen atoms in total. The number of halogens is 9. The predicted molar refractivity (Wildman–Crippen MR) is 167 cm³/mol. The number of nitrogens with two attached hydrogens (primary N) is 1. The highest BCUT2D eigenvalue weighted by Crippen LogP contribution is 2.34. The van der Waals surface area contributed by atoms with Crippen molar-refractivity contribution in [1.82, 2.24) is 20.0 Å². The summed E-state index contributed by atoms with van der Waals surface area (Å²) in [5, 5.41) is 3.51. The van der Waals surface area contributed by atoms with Crippen LogP contribution in [0.25, 0.3) is 0 Å². The Morgan fingerprint density at radius 1 is 0.700 bits per heavy atom. The summed E-state index contributed by atoms with van der Waals surface area (Å²) in [7, 11) is 0. The molecule has 0 aliphatic carbocycles. The average molecular weight is 734 g/mol. The van der Waals surface area contributed by atoms with Crippen LogP contribution in [0.1, 0.15) is 37.4 Å². The third kappa shape index (κ3) is 9.91. The first-order valence-electron chi connectivity index (χ1n) is 15.3. The molecule has 3 aromatic carbocycles. The van der Waals surface area contributed by atoms with E-state index in [2.05, 4.69) is 5.32 Å². The Balaban J connectivity index is 0.000000252. The second kappa shape index (κ2) is 16.2. The van der Waals surface area contributed by atoms with Gasteiger partial charge < -0.3 is 25.8 Å². The number of carbonyl (C=O) groups is 3. The van der Waals surface area contributed by atoms with E-state index in [-0.39, 0.29) is 38.5 Å². The molecule has 3 aromatic rings. The first-order valence-corrected chi connectivity index (χ1v) is 15.6. The molecule has 0 radical (unpaired) electrons. The molecule has 0 spiro atoms. The smallest absolute Gasteiger partial charge is 0.338 e. The molecule has 3 N–H and O–H groups in total. The van der Waals surface area contributed by atoms with Crippen molar-refractivity contribution in [1.29, 1.82) is 0 Å². The monoisotopic (exact) mass is 733 g/mol. The zero-order chi connectivity index (χ0) is 36.8. The third-order valence-corrected chi connectivity index (χ3v) is 8.21. The number of nitrogens with zero attached hydrogens (tertiary/aromatic N) is 3. The number of amides is 3. The first kappa shape index (κ1) is 38.5. The van der Waals surface area contributed by atoms with Gasteiger partial charge in [0.15, 0.2) is 0 Å². The Morgan fingerprint density at radius 3 is 1.62 bits per heavy atom. The van der Waals surface area contributed by atoms with Crippen LogP contribution < -0.4 is 11.1 Å². The number of piperazine rings is 2. The minimum absolute atomic E-state index is 0.0161. The van der Waals surface area contributed by atoms with Crippen molar-refractivity contribution in [3.8, 4) is 0 Å². The predicted octanol–water partition coefficient (Wildman–Crippen LogP) is 5.24. The van der Waals surface area contributed by atoms with Crippen LogP contribution in [0.4, 0.5) is 35.1 Å². The molecule has 2 aliphatic heterocycles. The van der Waals surface area contributed by atoms with Crippen molar-refractivity contribution in [3.63, 3.8) is 0 Å². The van der Waals surface area contributed by atoms with Crippen molar-refractivity contribution in [2.75, 3.05) is 52.4 Å². The summed E-state index contributed by atoms with van der Waals surface area (Å²) in [5.74, 6) is -3.83. The van der Waals surface area contributed by atoms with Crippen molar-refractivity contribution < 1.29 is 49.5 Å². The number of rotatable bonds is 5. The van der Waals surface area contributed by atoms with E-state index >= 15 is 0 Å². The topological polar surface area (TPSA) is 99.0 Å². The maximum Gasteiger partial charge on any atom is 0.417 e. The minimum Gasteiger partial charge on any atom is -0.338 e. The molecule has 0 saturated carbocycles. The van der Waals surface area contributed by atoms with Gasteiger partial charge in [-0.3, -0.25) is 14.4 Å². The molecule has 0 aromatic heterocycles. The van der Waals surface area contributed by atoms with Gasteiger partial charge in [-0.25, -0.2) is 8.78 Å². The fourth-order valence-electron chi connectivity index (χ4n) is 5.46. The molecule has 5 rings (SSSR count). The summed E-state index contributed by atoms with van der Waals surface area (Å²) < 4.78 is 105. The quantitative estimate of drug-likeness (QED) is 0.350. The van der Waals surface area contributed by atoms with Crippen molar-refractivity contribution in [2.45, 2.75) is 24.8 Å². The van der Waals surface area contributed by atoms with E-state index in [1.54, 1.807) is 24.3 Å². The molecule has 1 atom stereocenters. The molecule has 2 aliphatic rings. The van der Waals surface area contributed by atoms with Gasteiger partial charge in [-0.15, -0.1) is 0 Å². The Kier molecular flexibility index (Phi) is 12.5. The highest BCUT2D eigenvalue weighted by atomic mass is 35.5. The van der Waals surface area contributed by atoms with E-state index in [4.69, 9.17) is 17.3 Å². The zero-order valence-corrected chi connectivity index (χ0v) is 27.0. The van der Waals surface area contributed by atoms with E-state index < -0.39 is 64.1 Å². The van der Waals surface area contributed by atoms with Crippen LogP contribution in [0.3, 0.4) is 0 Å². The lowest BCUT2D eigenvalue weighted by Gasteiger charge is -2.36. The Labute approximate surface area is 286 Å². The number of carbonyl (C=O) groups excluding carboxylic acids is 3. The van der Waals surface area contributed by atoms with Crippen LogP contribution >= 0.6 is 11.6 Å². The van der Waals surface area contributed by atoms with Crippen LogP contribution in [0, 0.1) is 11.6 Å². The van der Waals surface area contributed by atoms with Gasteiger partial charge in [0.2, 0.25) is 5.91 Å². The molecule has 270 valence electrons. The van der Waals surface area contributed by atoms with Gasteiger partial charge in [0.05, 0.1) is 28.3 Å². The summed E-state index contributed by atoms with van der Waals surface area (Å²) in [4.78, 5) is 41.2. The Bertz CT molecular complexity index is 1690. The Morgan fingerprint density at radius 2 is 1.16 bits per heavy atom. The molecule has 2 saturated heterocycles. The number of nitrogens with one attached hydrogen (secondary N) is 1. The minimum atomic E-state index is -4.79. The molecule has 50 heavy (non-hydrogen) atoms. The van der Waals surface area contributed by atoms with Crippen molar-refractivity contribution in [3.05, 3.63) is 105 Å². The van der Waals surface area contributed by atoms with E-state index in [9.17, 15) is 49.5 Å². The highest BCUT2D eigenvalue weighted by molar-refractivity contribution is 6.30. The SMILES string of the molecule is N[C@H](Cc1cccc(Cl)c1)C(=O)N1CCN(C(=O)c2cc(F)ccc2C(F)(F)F)CC1.O=C(c1cc(F)ccc1C(F)(F)F)N1CCNCC1. The lowest BCUT2D eigenvalue weighted by molar-refractivity contribution is -0.138. The van der Waals surface area contributed by atoms with Crippen molar-refractivity contribution in [2.24, 2.45) is 5.73 Å². The molecular formula is C33H32ClF8N5O3. The number of alkyl halides is 6. The molecule has 2 fully saturated rings. The van der Waals surface area contributed by atoms with Gasteiger partial charge in [0.1, 0.15) is 11.6 Å². The fraction of sp³-hybridized carbons (Fsp3) is 0.364. The summed E-state index contributed by atoms with van der Waals surface area (Å²) >= 11 is 5.93. The van der Waals surface area contributed by atoms with Crippen LogP contribution in [-0.2, 0) is 23.6 Å². The maximum atomic E-state index is 13.5. The lowest BCUT2D eigenvalue weighted by atomic mass is 10.0. The highest BCUT2D eigenvalue weighted by Gasteiger charge is 2.38. The zero-order valence-electron chi connectivity index (χ0n) is 26.3. The standard InChI is InChI=1S/C21H20ClF4N3O2.C12H12F4N2O/c22-14-3-1-2-13(10-14)11-18(27)20(31)29-8-6-28(7-9-29)19(30)16-12-15(23)4-5-17(16)21(24,25)26;13-8-1-2-10(12(14,15)16)9(7-8)11(19)18-5-3-17-4-6-18/h1-5,10,12,18H,6-9,11,27H2;1-2,7,17H,3-6H2/t18-;/m1./s1. The van der Waals surface area contributed by atoms with Gasteiger partial charge in [-0.1, -0.05) is 23.7 Å². The van der Waals surface area contributed by atoms with E-state index in [0.29, 0.717) is 67.6 Å². The second-order valence-corrected chi connectivity index (χ2v) is 11.9. The van der Waals surface area contributed by atoms with Gasteiger partial charge in [0.25, 0.3) is 11.8 Å². The molecule has 2 heterocycles. The summed E-state index contributed by atoms with van der Waals surface area (Å²) in [6.45, 7) is 1.92. The number of hydrogen-bond acceptors (Lipinski definition) is 5. The molecule has 3 amide bonds. The summed E-state index contributed by atoms with van der Waals surface area (Å²) in [5.41, 5.74) is 3.15. The largest absolute Gasteiger partial charge is 0.417 e. The summed E-state index contributed by atoms with van der Waals surface area (Å²) in [6, 6.07) is 9.90. The number of hydrogen-bond donors (Lipinski definition) is 2. The van der Waals surface area contributed by atoms with Crippen LogP contribution in [0.2, 0.25) is 5.02 Å². The van der Waals surface area contributed by atoms with Crippen LogP contribution in [-0.4, -0.2) is 90.8 Å². The lowest BCUT2D eigenvalue weighted by Crippen LogP contribution is -2.54. The Hall–Kier alpha value is -4.28. The average Bonchev–Trinajstić information content (AvgIpc) is 3.07. The normalized spacial score (nSPS) is 16.0. The summed E-state index contributed by atoms with van der Waals surface area (Å²) in [6.07, 6.45) is -9.19. The van der Waals surface area contributed by atoms with Gasteiger partial charge in [-0.05, 0) is 60.5 Å². The van der Waals surface area contributed by atoms with Gasteiger partial charge in [0, 0.05) is 57.4 Å². The molecule has 17 heteroatoms. The van der Waals surface area contributed by atoms with E-state index in [1.807, 2.05) is 0 Å². The number of benzene rings is 3. The van der Waals surface area contributed by atoms with Crippen molar-refractivity contribution >= 4 is 29.3 Å². The second-order valence-electron chi connectivity index (χ2n) is 11.5. The molecule has 0 unspecified atom stereocenters. The third-order valence-electron chi connectivity index (χ3n) is 7.98. The van der Waals surface area contributed by atoms with Gasteiger partial charge >= 0.3 is 12.4 Å². The molecule has 0 bridgehead atoms. The first-order chi connectivity index (χ1) is 23.5. The van der Waals surface area contributed by atoms with Crippen LogP contribution in [0.5, 0.6) is 0 Å². The van der Waals surface area contributed by atoms with E-state index in [1.165, 1.54) is 14.7 Å².